The molecule has 0 aromatic carbocycles. The van der Waals surface area contributed by atoms with E-state index >= 15 is 0 Å². The molecule has 86 valence electrons. The minimum Gasteiger partial charge on any atom is -0.256 e. The maximum Gasteiger partial charge on any atom is 0.0102 e. The van der Waals surface area contributed by atoms with Crippen LogP contribution in [0.5, 0.6) is 0 Å². The van der Waals surface area contributed by atoms with Crippen LogP contribution >= 0.6 is 0 Å². The molecular formula is C10H26N4. The molecule has 0 aromatic rings. The summed E-state index contributed by atoms with van der Waals surface area (Å²) in [5.74, 6) is 0. The fourth-order valence-electron chi connectivity index (χ4n) is 1.21. The van der Waals surface area contributed by atoms with Crippen LogP contribution in [0.2, 0.25) is 0 Å². The van der Waals surface area contributed by atoms with Gasteiger partial charge in [-0.05, 0) is 12.8 Å². The first-order valence-corrected chi connectivity index (χ1v) is 5.44. The third kappa shape index (κ3) is 11.8. The molecule has 0 aromatic heterocycles. The van der Waals surface area contributed by atoms with Crippen molar-refractivity contribution < 1.29 is 0 Å². The number of hydrogen-bond donors (Lipinski definition) is 2. The van der Waals surface area contributed by atoms with E-state index in [0.29, 0.717) is 0 Å². The van der Waals surface area contributed by atoms with Gasteiger partial charge in [0.2, 0.25) is 0 Å². The van der Waals surface area contributed by atoms with E-state index in [0.717, 1.165) is 13.1 Å². The number of unbranched alkanes of at least 4 members (excludes halogenated alkanes) is 3. The predicted octanol–water partition coefficient (Wildman–Crippen LogP) is 0.679. The summed E-state index contributed by atoms with van der Waals surface area (Å²) in [6, 6.07) is 0. The van der Waals surface area contributed by atoms with E-state index in [9.17, 15) is 0 Å². The Bertz CT molecular complexity index is 101. The quantitative estimate of drug-likeness (QED) is 0.425. The van der Waals surface area contributed by atoms with Crippen LogP contribution in [-0.2, 0) is 0 Å². The van der Waals surface area contributed by atoms with Gasteiger partial charge in [-0.2, -0.15) is 0 Å². The van der Waals surface area contributed by atoms with Crippen molar-refractivity contribution in [1.82, 2.24) is 20.9 Å². The Kier molecular flexibility index (Phi) is 9.29. The normalized spacial score (nSPS) is 11.6. The van der Waals surface area contributed by atoms with E-state index in [2.05, 4.69) is 10.9 Å². The molecule has 0 atom stereocenters. The third-order valence-corrected chi connectivity index (χ3v) is 1.96. The van der Waals surface area contributed by atoms with Crippen LogP contribution in [0.4, 0.5) is 0 Å². The molecule has 4 nitrogen and oxygen atoms in total. The molecule has 0 aliphatic carbocycles. The first-order valence-electron chi connectivity index (χ1n) is 5.44. The van der Waals surface area contributed by atoms with Gasteiger partial charge in [-0.25, -0.2) is 0 Å². The first-order chi connectivity index (χ1) is 6.63. The molecule has 0 heterocycles. The van der Waals surface area contributed by atoms with Gasteiger partial charge in [-0.1, -0.05) is 12.8 Å². The molecule has 14 heavy (non-hydrogen) atoms. The van der Waals surface area contributed by atoms with E-state index in [1.165, 1.54) is 25.7 Å². The molecule has 0 radical (unpaired) electrons. The van der Waals surface area contributed by atoms with Gasteiger partial charge in [0, 0.05) is 41.3 Å². The molecule has 0 saturated heterocycles. The van der Waals surface area contributed by atoms with Gasteiger partial charge in [0.15, 0.2) is 0 Å². The molecule has 0 saturated carbocycles. The molecule has 0 aliphatic rings. The van der Waals surface area contributed by atoms with Crippen LogP contribution in [0.25, 0.3) is 0 Å². The summed E-state index contributed by atoms with van der Waals surface area (Å²) in [5, 5.41) is 4.02. The first kappa shape index (κ1) is 13.8. The number of nitrogens with zero attached hydrogens (tertiary/aromatic N) is 2. The average molecular weight is 202 g/mol. The Hall–Kier alpha value is -0.160. The lowest BCUT2D eigenvalue weighted by atomic mass is 10.2. The van der Waals surface area contributed by atoms with Crippen molar-refractivity contribution in [2.75, 3.05) is 41.3 Å². The summed E-state index contributed by atoms with van der Waals surface area (Å²) in [7, 11) is 8.12. The van der Waals surface area contributed by atoms with Gasteiger partial charge < -0.3 is 0 Å². The maximum atomic E-state index is 3.26. The van der Waals surface area contributed by atoms with Crippen LogP contribution in [0, 0.1) is 0 Å². The van der Waals surface area contributed by atoms with E-state index < -0.39 is 0 Å². The molecule has 0 fully saturated rings. The topological polar surface area (TPSA) is 30.5 Å². The van der Waals surface area contributed by atoms with Crippen LogP contribution in [0.1, 0.15) is 25.7 Å². The smallest absolute Gasteiger partial charge is 0.0102 e. The molecule has 0 unspecified atom stereocenters. The standard InChI is InChI=1S/C10H26N4/c1-13(2)11-9-7-5-6-8-10-12-14(3)4/h11-12H,5-10H2,1-4H3. The van der Waals surface area contributed by atoms with Crippen molar-refractivity contribution in [3.8, 4) is 0 Å². The highest BCUT2D eigenvalue weighted by molar-refractivity contribution is 4.47. The second-order valence-corrected chi connectivity index (χ2v) is 4.02. The van der Waals surface area contributed by atoms with Gasteiger partial charge in [0.1, 0.15) is 0 Å². The second kappa shape index (κ2) is 9.40. The van der Waals surface area contributed by atoms with Gasteiger partial charge in [0.25, 0.3) is 0 Å². The minimum atomic E-state index is 1.09. The number of hydrazine groups is 2. The van der Waals surface area contributed by atoms with Crippen LogP contribution in [0.15, 0.2) is 0 Å². The van der Waals surface area contributed by atoms with Crippen LogP contribution in [0.3, 0.4) is 0 Å². The third-order valence-electron chi connectivity index (χ3n) is 1.96. The largest absolute Gasteiger partial charge is 0.256 e. The van der Waals surface area contributed by atoms with Crippen molar-refractivity contribution >= 4 is 0 Å². The molecule has 0 bridgehead atoms. The van der Waals surface area contributed by atoms with E-state index in [1.807, 2.05) is 38.2 Å². The minimum absolute atomic E-state index is 1.09. The lowest BCUT2D eigenvalue weighted by Crippen LogP contribution is -2.31. The highest BCUT2D eigenvalue weighted by Crippen LogP contribution is 1.97. The molecule has 0 rings (SSSR count). The second-order valence-electron chi connectivity index (χ2n) is 4.02. The van der Waals surface area contributed by atoms with Crippen molar-refractivity contribution in [2.45, 2.75) is 25.7 Å². The molecule has 0 amide bonds. The molecule has 4 heteroatoms. The Labute approximate surface area is 88.6 Å². The summed E-state index contributed by atoms with van der Waals surface area (Å²) in [6.07, 6.45) is 5.16. The van der Waals surface area contributed by atoms with E-state index in [4.69, 9.17) is 0 Å². The van der Waals surface area contributed by atoms with Crippen molar-refractivity contribution in [1.29, 1.82) is 0 Å². The molecular weight excluding hydrogens is 176 g/mol. The summed E-state index contributed by atoms with van der Waals surface area (Å²) in [4.78, 5) is 0. The van der Waals surface area contributed by atoms with Crippen molar-refractivity contribution in [3.63, 3.8) is 0 Å². The molecule has 2 N–H and O–H groups in total. The summed E-state index contributed by atoms with van der Waals surface area (Å²) in [6.45, 7) is 2.18. The highest BCUT2D eigenvalue weighted by atomic mass is 15.5. The Balaban J connectivity index is 2.92. The fourth-order valence-corrected chi connectivity index (χ4v) is 1.21. The Morgan fingerprint density at radius 2 is 1.00 bits per heavy atom. The lowest BCUT2D eigenvalue weighted by molar-refractivity contribution is 0.279. The van der Waals surface area contributed by atoms with Gasteiger partial charge >= 0.3 is 0 Å². The molecule has 0 aliphatic heterocycles. The fraction of sp³-hybridized carbons (Fsp3) is 1.00. The van der Waals surface area contributed by atoms with E-state index in [1.54, 1.807) is 0 Å². The predicted molar refractivity (Wildman–Crippen MR) is 61.8 cm³/mol. The van der Waals surface area contributed by atoms with Gasteiger partial charge in [0.05, 0.1) is 0 Å². The van der Waals surface area contributed by atoms with E-state index in [-0.39, 0.29) is 0 Å². The Morgan fingerprint density at radius 3 is 1.29 bits per heavy atom. The zero-order chi connectivity index (χ0) is 10.8. The zero-order valence-corrected chi connectivity index (χ0v) is 10.1. The number of nitrogens with one attached hydrogen (secondary N) is 2. The summed E-state index contributed by atoms with van der Waals surface area (Å²) in [5.41, 5.74) is 6.53. The number of hydrogen-bond acceptors (Lipinski definition) is 4. The van der Waals surface area contributed by atoms with Gasteiger partial charge in [-0.15, -0.1) is 0 Å². The average Bonchev–Trinajstić information content (AvgIpc) is 2.08. The van der Waals surface area contributed by atoms with Crippen LogP contribution in [-0.4, -0.2) is 51.3 Å². The van der Waals surface area contributed by atoms with Crippen molar-refractivity contribution in [3.05, 3.63) is 0 Å². The van der Waals surface area contributed by atoms with Crippen LogP contribution < -0.4 is 10.9 Å². The lowest BCUT2D eigenvalue weighted by Gasteiger charge is -2.12. The zero-order valence-electron chi connectivity index (χ0n) is 10.1. The van der Waals surface area contributed by atoms with Crippen molar-refractivity contribution in [2.24, 2.45) is 0 Å². The SMILES string of the molecule is CN(C)NCCCCCCNN(C)C. The number of rotatable bonds is 9. The Morgan fingerprint density at radius 1 is 0.643 bits per heavy atom. The maximum absolute atomic E-state index is 3.26. The molecule has 0 spiro atoms. The monoisotopic (exact) mass is 202 g/mol. The van der Waals surface area contributed by atoms with Gasteiger partial charge in [-0.3, -0.25) is 20.9 Å². The summed E-state index contributed by atoms with van der Waals surface area (Å²) >= 11 is 0. The highest BCUT2D eigenvalue weighted by Gasteiger charge is 1.92. The summed E-state index contributed by atoms with van der Waals surface area (Å²) < 4.78 is 0.